The van der Waals surface area contributed by atoms with Crippen molar-refractivity contribution < 1.29 is 9.53 Å². The molecule has 5 nitrogen and oxygen atoms in total. The van der Waals surface area contributed by atoms with Crippen LogP contribution >= 0.6 is 11.6 Å². The number of hydrogen-bond acceptors (Lipinski definition) is 5. The molecule has 0 atom stereocenters. The van der Waals surface area contributed by atoms with Gasteiger partial charge in [-0.15, -0.1) is 10.2 Å². The molecule has 0 amide bonds. The van der Waals surface area contributed by atoms with Gasteiger partial charge in [-0.1, -0.05) is 11.6 Å². The van der Waals surface area contributed by atoms with Crippen LogP contribution in [-0.2, 0) is 9.53 Å². The molecular weight excluding hydrogens is 206 g/mol. The third-order valence-electron chi connectivity index (χ3n) is 1.42. The second-order valence-electron chi connectivity index (χ2n) is 2.36. The van der Waals surface area contributed by atoms with Crippen molar-refractivity contribution in [1.29, 1.82) is 0 Å². The Labute approximate surface area is 85.5 Å². The number of nitrogen functional groups attached to an aromatic ring is 1. The predicted molar refractivity (Wildman–Crippen MR) is 52.5 cm³/mol. The van der Waals surface area contributed by atoms with Gasteiger partial charge >= 0.3 is 5.97 Å². The second-order valence-corrected chi connectivity index (χ2v) is 2.75. The van der Waals surface area contributed by atoms with Gasteiger partial charge in [0.25, 0.3) is 0 Å². The summed E-state index contributed by atoms with van der Waals surface area (Å²) < 4.78 is 4.41. The van der Waals surface area contributed by atoms with Crippen molar-refractivity contribution in [2.24, 2.45) is 0 Å². The van der Waals surface area contributed by atoms with Crippen LogP contribution in [0.15, 0.2) is 12.1 Å². The molecule has 74 valence electrons. The van der Waals surface area contributed by atoms with Crippen LogP contribution < -0.4 is 5.73 Å². The number of rotatable bonds is 2. The normalized spacial score (nSPS) is 10.4. The van der Waals surface area contributed by atoms with E-state index in [1.807, 2.05) is 0 Å². The first-order valence-corrected chi connectivity index (χ1v) is 4.06. The van der Waals surface area contributed by atoms with Gasteiger partial charge in [0.05, 0.1) is 7.11 Å². The number of nitrogens with two attached hydrogens (primary N) is 1. The number of aromatic nitrogens is 2. The highest BCUT2D eigenvalue weighted by Crippen LogP contribution is 2.13. The molecule has 0 aliphatic carbocycles. The highest BCUT2D eigenvalue weighted by molar-refractivity contribution is 6.29. The van der Waals surface area contributed by atoms with Crippen molar-refractivity contribution in [3.8, 4) is 0 Å². The van der Waals surface area contributed by atoms with Gasteiger partial charge in [0.15, 0.2) is 11.0 Å². The Kier molecular flexibility index (Phi) is 3.41. The Morgan fingerprint density at radius 2 is 2.36 bits per heavy atom. The molecule has 1 heterocycles. The van der Waals surface area contributed by atoms with Crippen molar-refractivity contribution in [1.82, 2.24) is 10.2 Å². The first-order chi connectivity index (χ1) is 6.63. The molecule has 1 aromatic heterocycles. The largest absolute Gasteiger partial charge is 0.466 e. The average molecular weight is 214 g/mol. The SMILES string of the molecule is COC(=O)C=Cc1cc(Cl)nnc1N. The molecule has 0 bridgehead atoms. The van der Waals surface area contributed by atoms with E-state index in [9.17, 15) is 4.79 Å². The van der Waals surface area contributed by atoms with Crippen molar-refractivity contribution in [2.75, 3.05) is 12.8 Å². The number of anilines is 1. The first kappa shape index (κ1) is 10.5. The van der Waals surface area contributed by atoms with Crippen LogP contribution in [-0.4, -0.2) is 23.3 Å². The minimum Gasteiger partial charge on any atom is -0.466 e. The van der Waals surface area contributed by atoms with E-state index < -0.39 is 5.97 Å². The Bertz CT molecular complexity index is 379. The Morgan fingerprint density at radius 3 is 3.00 bits per heavy atom. The molecule has 2 N–H and O–H groups in total. The van der Waals surface area contributed by atoms with E-state index in [2.05, 4.69) is 14.9 Å². The summed E-state index contributed by atoms with van der Waals surface area (Å²) in [4.78, 5) is 10.8. The predicted octanol–water partition coefficient (Wildman–Crippen LogP) is 0.898. The number of nitrogens with zero attached hydrogens (tertiary/aromatic N) is 2. The van der Waals surface area contributed by atoms with E-state index in [1.54, 1.807) is 0 Å². The third-order valence-corrected chi connectivity index (χ3v) is 1.61. The molecule has 1 rings (SSSR count). The maximum atomic E-state index is 10.8. The van der Waals surface area contributed by atoms with Crippen LogP contribution in [0.2, 0.25) is 5.15 Å². The summed E-state index contributed by atoms with van der Waals surface area (Å²) in [5.41, 5.74) is 6.01. The van der Waals surface area contributed by atoms with E-state index >= 15 is 0 Å². The minimum atomic E-state index is -0.475. The highest BCUT2D eigenvalue weighted by atomic mass is 35.5. The van der Waals surface area contributed by atoms with Gasteiger partial charge in [-0.25, -0.2) is 4.79 Å². The zero-order valence-corrected chi connectivity index (χ0v) is 8.15. The molecule has 0 saturated carbocycles. The molecule has 0 aliphatic rings. The molecule has 0 aromatic carbocycles. The van der Waals surface area contributed by atoms with Crippen molar-refractivity contribution in [3.63, 3.8) is 0 Å². The standard InChI is InChI=1S/C8H8ClN3O2/c1-14-7(13)3-2-5-4-6(9)11-12-8(5)10/h2-4H,1H3,(H2,10,12). The van der Waals surface area contributed by atoms with Crippen LogP contribution in [0.1, 0.15) is 5.56 Å². The number of carbonyl (C=O) groups is 1. The van der Waals surface area contributed by atoms with Crippen LogP contribution in [0.3, 0.4) is 0 Å². The first-order valence-electron chi connectivity index (χ1n) is 3.68. The average Bonchev–Trinajstić information content (AvgIpc) is 2.19. The zero-order chi connectivity index (χ0) is 10.6. The summed E-state index contributed by atoms with van der Waals surface area (Å²) >= 11 is 5.59. The van der Waals surface area contributed by atoms with Gasteiger partial charge in [0, 0.05) is 11.6 Å². The number of halogens is 1. The van der Waals surface area contributed by atoms with Gasteiger partial charge in [0.2, 0.25) is 0 Å². The van der Waals surface area contributed by atoms with E-state index in [-0.39, 0.29) is 11.0 Å². The van der Waals surface area contributed by atoms with E-state index in [4.69, 9.17) is 17.3 Å². The lowest BCUT2D eigenvalue weighted by atomic mass is 10.2. The quantitative estimate of drug-likeness (QED) is 0.583. The fourth-order valence-corrected chi connectivity index (χ4v) is 0.905. The molecule has 0 aliphatic heterocycles. The Balaban J connectivity index is 2.90. The second kappa shape index (κ2) is 4.57. The Morgan fingerprint density at radius 1 is 1.64 bits per heavy atom. The third kappa shape index (κ3) is 2.70. The lowest BCUT2D eigenvalue weighted by Crippen LogP contribution is -1.98. The fraction of sp³-hybridized carbons (Fsp3) is 0.125. The molecule has 0 saturated heterocycles. The minimum absolute atomic E-state index is 0.203. The number of carbonyl (C=O) groups excluding carboxylic acids is 1. The van der Waals surface area contributed by atoms with Crippen LogP contribution in [0.5, 0.6) is 0 Å². The summed E-state index contributed by atoms with van der Waals surface area (Å²) in [6.45, 7) is 0. The maximum Gasteiger partial charge on any atom is 0.330 e. The van der Waals surface area contributed by atoms with Crippen molar-refractivity contribution >= 4 is 29.5 Å². The molecule has 1 aromatic rings. The van der Waals surface area contributed by atoms with E-state index in [0.717, 1.165) is 0 Å². The lowest BCUT2D eigenvalue weighted by molar-refractivity contribution is -0.134. The summed E-state index contributed by atoms with van der Waals surface area (Å²) in [6.07, 6.45) is 2.69. The summed E-state index contributed by atoms with van der Waals surface area (Å²) in [7, 11) is 1.29. The van der Waals surface area contributed by atoms with Gasteiger partial charge in [-0.05, 0) is 12.1 Å². The highest BCUT2D eigenvalue weighted by Gasteiger charge is 2.00. The Hall–Kier alpha value is -1.62. The summed E-state index contributed by atoms with van der Waals surface area (Å²) in [5.74, 6) is -0.271. The van der Waals surface area contributed by atoms with E-state index in [0.29, 0.717) is 5.56 Å². The number of hydrogen-bond donors (Lipinski definition) is 1. The smallest absolute Gasteiger partial charge is 0.330 e. The lowest BCUT2D eigenvalue weighted by Gasteiger charge is -1.97. The van der Waals surface area contributed by atoms with Crippen molar-refractivity contribution in [2.45, 2.75) is 0 Å². The molecule has 0 fully saturated rings. The molecular formula is C8H8ClN3O2. The van der Waals surface area contributed by atoms with Gasteiger partial charge < -0.3 is 10.5 Å². The molecule has 0 spiro atoms. The number of methoxy groups -OCH3 is 1. The van der Waals surface area contributed by atoms with Crippen LogP contribution in [0, 0.1) is 0 Å². The zero-order valence-electron chi connectivity index (χ0n) is 7.40. The van der Waals surface area contributed by atoms with Crippen LogP contribution in [0.4, 0.5) is 5.82 Å². The van der Waals surface area contributed by atoms with Gasteiger partial charge in [-0.2, -0.15) is 0 Å². The summed E-state index contributed by atoms with van der Waals surface area (Å²) in [6, 6.07) is 1.50. The van der Waals surface area contributed by atoms with E-state index in [1.165, 1.54) is 25.3 Å². The number of ether oxygens (including phenoxy) is 1. The molecule has 0 radical (unpaired) electrons. The van der Waals surface area contributed by atoms with Gasteiger partial charge in [0.1, 0.15) is 0 Å². The molecule has 6 heteroatoms. The fourth-order valence-electron chi connectivity index (χ4n) is 0.750. The van der Waals surface area contributed by atoms with Gasteiger partial charge in [-0.3, -0.25) is 0 Å². The summed E-state index contributed by atoms with van der Waals surface area (Å²) in [5, 5.41) is 7.31. The van der Waals surface area contributed by atoms with Crippen LogP contribution in [0.25, 0.3) is 6.08 Å². The monoisotopic (exact) mass is 213 g/mol. The molecule has 14 heavy (non-hydrogen) atoms. The maximum absolute atomic E-state index is 10.8. The van der Waals surface area contributed by atoms with Crippen molar-refractivity contribution in [3.05, 3.63) is 22.9 Å². The topological polar surface area (TPSA) is 78.1 Å². The molecule has 0 unspecified atom stereocenters. The number of esters is 1.